The van der Waals surface area contributed by atoms with Gasteiger partial charge >= 0.3 is 18.4 Å². The van der Waals surface area contributed by atoms with Crippen LogP contribution in [-0.2, 0) is 44.4 Å². The lowest BCUT2D eigenvalue weighted by Gasteiger charge is -2.53. The molecule has 0 saturated carbocycles. The third-order valence-electron chi connectivity index (χ3n) is 9.31. The van der Waals surface area contributed by atoms with Crippen molar-refractivity contribution in [2.75, 3.05) is 59.0 Å². The first-order valence-electron chi connectivity index (χ1n) is 16.6. The number of nitrogens with zero attached hydrogens (tertiary/aromatic N) is 4. The van der Waals surface area contributed by atoms with Gasteiger partial charge in [-0.2, -0.15) is 26.3 Å². The van der Waals surface area contributed by atoms with Crippen LogP contribution in [0.5, 0.6) is 0 Å². The summed E-state index contributed by atoms with van der Waals surface area (Å²) in [6.07, 6.45) is -10.5. The van der Waals surface area contributed by atoms with E-state index in [9.17, 15) is 40.7 Å². The molecule has 2 aromatic carbocycles. The average molecular weight is 714 g/mol. The molecule has 3 aliphatic rings. The van der Waals surface area contributed by atoms with Crippen molar-refractivity contribution in [2.45, 2.75) is 56.9 Å². The molecule has 5 rings (SSSR count). The fourth-order valence-corrected chi connectivity index (χ4v) is 6.72. The molecule has 0 aliphatic carbocycles. The van der Waals surface area contributed by atoms with Gasteiger partial charge < -0.3 is 25.0 Å². The van der Waals surface area contributed by atoms with E-state index in [2.05, 4.69) is 4.90 Å². The summed E-state index contributed by atoms with van der Waals surface area (Å²) >= 11 is 0. The van der Waals surface area contributed by atoms with Gasteiger partial charge in [-0.25, -0.2) is 4.79 Å². The van der Waals surface area contributed by atoms with E-state index in [0.717, 1.165) is 5.56 Å². The lowest BCUT2D eigenvalue weighted by atomic mass is 9.91. The van der Waals surface area contributed by atoms with Crippen molar-refractivity contribution >= 4 is 17.9 Å². The average Bonchev–Trinajstić information content (AvgIpc) is 3.08. The second-order valence-electron chi connectivity index (χ2n) is 12.8. The number of hydrogen-bond acceptors (Lipinski definition) is 7. The van der Waals surface area contributed by atoms with Crippen molar-refractivity contribution < 1.29 is 50.2 Å². The van der Waals surface area contributed by atoms with E-state index in [0.29, 0.717) is 70.9 Å². The number of amides is 3. The minimum Gasteiger partial charge on any atom is -0.444 e. The minimum absolute atomic E-state index is 0.00295. The number of nitrogens with two attached hydrogens (primary N) is 1. The number of carbonyl (C=O) groups is 3. The predicted octanol–water partition coefficient (Wildman–Crippen LogP) is 4.36. The van der Waals surface area contributed by atoms with Gasteiger partial charge in [0.1, 0.15) is 18.8 Å². The second-order valence-corrected chi connectivity index (χ2v) is 12.8. The van der Waals surface area contributed by atoms with Gasteiger partial charge in [0.2, 0.25) is 11.8 Å². The molecule has 3 amide bonds. The maximum atomic E-state index is 14.2. The number of halogens is 6. The third kappa shape index (κ3) is 9.06. The molecule has 3 atom stereocenters. The normalized spacial score (nSPS) is 22.1. The topological polar surface area (TPSA) is 109 Å². The zero-order valence-electron chi connectivity index (χ0n) is 27.4. The van der Waals surface area contributed by atoms with E-state index in [-0.39, 0.29) is 43.8 Å². The van der Waals surface area contributed by atoms with E-state index in [1.54, 1.807) is 17.0 Å². The number of ether oxygens (including phenoxy) is 2. The summed E-state index contributed by atoms with van der Waals surface area (Å²) in [4.78, 5) is 48.5. The fraction of sp³-hybridized carbons (Fsp3) is 0.559. The molecule has 0 unspecified atom stereocenters. The minimum atomic E-state index is -5.07. The zero-order chi connectivity index (χ0) is 36.1. The summed E-state index contributed by atoms with van der Waals surface area (Å²) in [6, 6.07) is 9.16. The van der Waals surface area contributed by atoms with Crippen molar-refractivity contribution in [1.82, 2.24) is 19.6 Å². The van der Waals surface area contributed by atoms with Crippen LogP contribution in [0.1, 0.15) is 41.5 Å². The molecule has 3 heterocycles. The Hall–Kier alpha value is -3.89. The molecule has 274 valence electrons. The van der Waals surface area contributed by atoms with Crippen molar-refractivity contribution in [3.8, 4) is 0 Å². The first-order valence-corrected chi connectivity index (χ1v) is 16.6. The fourth-order valence-electron chi connectivity index (χ4n) is 6.72. The van der Waals surface area contributed by atoms with Gasteiger partial charge in [-0.15, -0.1) is 0 Å². The van der Waals surface area contributed by atoms with Gasteiger partial charge in [0.15, 0.2) is 0 Å². The molecular weight excluding hydrogens is 672 g/mol. The van der Waals surface area contributed by atoms with Gasteiger partial charge in [-0.05, 0) is 61.6 Å². The molecule has 0 spiro atoms. The van der Waals surface area contributed by atoms with E-state index in [1.165, 1.54) is 9.80 Å². The Kier molecular flexibility index (Phi) is 11.9. The molecule has 2 aromatic rings. The van der Waals surface area contributed by atoms with Crippen molar-refractivity contribution in [1.29, 1.82) is 0 Å². The first-order chi connectivity index (χ1) is 23.8. The van der Waals surface area contributed by atoms with Gasteiger partial charge in [0.05, 0.1) is 36.8 Å². The Labute approximate surface area is 286 Å². The van der Waals surface area contributed by atoms with E-state index >= 15 is 0 Å². The zero-order valence-corrected chi connectivity index (χ0v) is 27.4. The number of hydrogen-bond donors (Lipinski definition) is 1. The molecule has 50 heavy (non-hydrogen) atoms. The maximum absolute atomic E-state index is 14.2. The van der Waals surface area contributed by atoms with Gasteiger partial charge in [0.25, 0.3) is 0 Å². The Morgan fingerprint density at radius 2 is 1.52 bits per heavy atom. The summed E-state index contributed by atoms with van der Waals surface area (Å²) in [5.41, 5.74) is 2.97. The van der Waals surface area contributed by atoms with Crippen LogP contribution in [0.15, 0.2) is 48.5 Å². The van der Waals surface area contributed by atoms with Crippen LogP contribution in [-0.4, -0.2) is 109 Å². The summed E-state index contributed by atoms with van der Waals surface area (Å²) in [7, 11) is 0. The number of fused-ring (bicyclic) bond motifs is 1. The molecular formula is C34H41F6N5O5. The van der Waals surface area contributed by atoms with E-state index in [1.807, 2.05) is 18.2 Å². The van der Waals surface area contributed by atoms with Crippen LogP contribution < -0.4 is 5.73 Å². The molecule has 3 saturated heterocycles. The van der Waals surface area contributed by atoms with Crippen LogP contribution in [0.25, 0.3) is 0 Å². The summed E-state index contributed by atoms with van der Waals surface area (Å²) in [6.45, 7) is 2.63. The van der Waals surface area contributed by atoms with Crippen LogP contribution in [0.4, 0.5) is 31.1 Å². The number of piperazine rings is 1. The first kappa shape index (κ1) is 37.4. The largest absolute Gasteiger partial charge is 0.444 e. The SMILES string of the molecule is NCCCC[C@H]1C(=O)N(CCN2CCOCC2)C[C@@H]2N(C(=O)OCc3cc(C(F)(F)F)cc(C(F)(F)F)c3)C[C@@H](Cc3ccccc3)C(=O)N21. The summed E-state index contributed by atoms with van der Waals surface area (Å²) in [5, 5.41) is 0. The van der Waals surface area contributed by atoms with Crippen LogP contribution in [0.2, 0.25) is 0 Å². The lowest BCUT2D eigenvalue weighted by Crippen LogP contribution is -2.73. The highest BCUT2D eigenvalue weighted by Gasteiger charge is 2.52. The van der Waals surface area contributed by atoms with Crippen molar-refractivity contribution in [2.24, 2.45) is 11.7 Å². The van der Waals surface area contributed by atoms with Crippen LogP contribution in [0.3, 0.4) is 0 Å². The molecule has 0 aromatic heterocycles. The van der Waals surface area contributed by atoms with Gasteiger partial charge in [-0.1, -0.05) is 30.3 Å². The van der Waals surface area contributed by atoms with E-state index in [4.69, 9.17) is 15.2 Å². The third-order valence-corrected chi connectivity index (χ3v) is 9.31. The van der Waals surface area contributed by atoms with Crippen LogP contribution >= 0.6 is 0 Å². The Morgan fingerprint density at radius 3 is 2.14 bits per heavy atom. The molecule has 2 N–H and O–H groups in total. The Morgan fingerprint density at radius 1 is 0.860 bits per heavy atom. The quantitative estimate of drug-likeness (QED) is 0.273. The maximum Gasteiger partial charge on any atom is 0.416 e. The Bertz CT molecular complexity index is 1450. The summed E-state index contributed by atoms with van der Waals surface area (Å²) in [5.74, 6) is -1.39. The van der Waals surface area contributed by atoms with Gasteiger partial charge in [0, 0.05) is 32.7 Å². The lowest BCUT2D eigenvalue weighted by molar-refractivity contribution is -0.173. The van der Waals surface area contributed by atoms with Crippen LogP contribution in [0, 0.1) is 5.92 Å². The highest BCUT2D eigenvalue weighted by Crippen LogP contribution is 2.37. The molecule has 3 fully saturated rings. The smallest absolute Gasteiger partial charge is 0.416 e. The summed E-state index contributed by atoms with van der Waals surface area (Å²) < 4.78 is 91.8. The number of carbonyl (C=O) groups excluding carboxylic acids is 3. The highest BCUT2D eigenvalue weighted by molar-refractivity contribution is 5.91. The predicted molar refractivity (Wildman–Crippen MR) is 168 cm³/mol. The number of alkyl halides is 6. The number of benzene rings is 2. The number of morpholine rings is 1. The molecule has 16 heteroatoms. The van der Waals surface area contributed by atoms with Crippen molar-refractivity contribution in [3.05, 3.63) is 70.8 Å². The van der Waals surface area contributed by atoms with Gasteiger partial charge in [-0.3, -0.25) is 19.4 Å². The standard InChI is InChI=1S/C34H41F6N5O5/c35-33(36,37)26-17-24(18-27(19-26)34(38,39)40)22-50-32(48)44-20-25(16-23-6-2-1-3-7-23)30(46)45-28(8-4-5-9-41)31(47)43(21-29(44)45)11-10-42-12-14-49-15-13-42/h1-3,6-7,17-19,25,28-29H,4-5,8-16,20-22,41H2/t25-,28+,29-/m1/s1. The van der Waals surface area contributed by atoms with Crippen molar-refractivity contribution in [3.63, 3.8) is 0 Å². The number of rotatable bonds is 11. The van der Waals surface area contributed by atoms with E-state index < -0.39 is 59.9 Å². The second kappa shape index (κ2) is 16.0. The number of unbranched alkanes of at least 4 members (excludes halogenated alkanes) is 1. The monoisotopic (exact) mass is 713 g/mol. The molecule has 0 radical (unpaired) electrons. The molecule has 3 aliphatic heterocycles. The Balaban J connectivity index is 1.44. The highest BCUT2D eigenvalue weighted by atomic mass is 19.4. The molecule has 10 nitrogen and oxygen atoms in total. The molecule has 0 bridgehead atoms.